The summed E-state index contributed by atoms with van der Waals surface area (Å²) in [5.74, 6) is -0.409. The lowest BCUT2D eigenvalue weighted by Crippen LogP contribution is -2.05. The highest BCUT2D eigenvalue weighted by Crippen LogP contribution is 2.27. The van der Waals surface area contributed by atoms with Crippen molar-refractivity contribution in [2.75, 3.05) is 6.61 Å². The zero-order valence-electron chi connectivity index (χ0n) is 9.04. The minimum atomic E-state index is -0.409. The lowest BCUT2D eigenvalue weighted by atomic mass is 10.1. The number of benzene rings is 1. The number of carbonyl (C=O) groups is 1. The first-order chi connectivity index (χ1) is 8.11. The number of hydrogen-bond donors (Lipinski definition) is 0. The van der Waals surface area contributed by atoms with Gasteiger partial charge in [-0.05, 0) is 25.1 Å². The standard InChI is InChI=1S/C12H9Cl2NO2/c1-2-17-12(16)7-3-9-10(14)4-8(13)5-11(9)15-6-7/h3-6H,2H2,1H3. The first kappa shape index (κ1) is 12.1. The molecule has 3 nitrogen and oxygen atoms in total. The molecule has 0 fully saturated rings. The smallest absolute Gasteiger partial charge is 0.339 e. The number of ether oxygens (including phenoxy) is 1. The third-order valence-electron chi connectivity index (χ3n) is 2.23. The molecule has 0 aliphatic carbocycles. The van der Waals surface area contributed by atoms with Crippen molar-refractivity contribution >= 4 is 40.1 Å². The van der Waals surface area contributed by atoms with Crippen molar-refractivity contribution in [3.05, 3.63) is 40.0 Å². The Morgan fingerprint density at radius 3 is 2.82 bits per heavy atom. The molecule has 0 atom stereocenters. The Kier molecular flexibility index (Phi) is 3.50. The lowest BCUT2D eigenvalue weighted by Gasteiger charge is -2.04. The maximum Gasteiger partial charge on any atom is 0.339 e. The molecule has 1 aromatic carbocycles. The Labute approximate surface area is 108 Å². The van der Waals surface area contributed by atoms with Crippen LogP contribution in [0.15, 0.2) is 24.4 Å². The minimum absolute atomic E-state index is 0.325. The van der Waals surface area contributed by atoms with Gasteiger partial charge in [-0.2, -0.15) is 0 Å². The van der Waals surface area contributed by atoms with Gasteiger partial charge in [0.15, 0.2) is 0 Å². The largest absolute Gasteiger partial charge is 0.462 e. The SMILES string of the molecule is CCOC(=O)c1cnc2cc(Cl)cc(Cl)c2c1. The molecule has 0 aliphatic rings. The molecule has 1 aromatic heterocycles. The molecular formula is C12H9Cl2NO2. The summed E-state index contributed by atoms with van der Waals surface area (Å²) in [5.41, 5.74) is 1.03. The molecule has 0 radical (unpaired) electrons. The van der Waals surface area contributed by atoms with Crippen LogP contribution in [-0.2, 0) is 4.74 Å². The molecule has 0 aliphatic heterocycles. The molecule has 0 saturated heterocycles. The molecule has 2 rings (SSSR count). The zero-order valence-corrected chi connectivity index (χ0v) is 10.5. The summed E-state index contributed by atoms with van der Waals surface area (Å²) in [4.78, 5) is 15.7. The van der Waals surface area contributed by atoms with Crippen molar-refractivity contribution < 1.29 is 9.53 Å². The van der Waals surface area contributed by atoms with E-state index < -0.39 is 5.97 Å². The fourth-order valence-corrected chi connectivity index (χ4v) is 2.02. The second kappa shape index (κ2) is 4.90. The van der Waals surface area contributed by atoms with Crippen LogP contribution in [0, 0.1) is 0 Å². The fourth-order valence-electron chi connectivity index (χ4n) is 1.48. The van der Waals surface area contributed by atoms with E-state index >= 15 is 0 Å². The molecule has 0 N–H and O–H groups in total. The Balaban J connectivity index is 2.54. The second-order valence-electron chi connectivity index (χ2n) is 3.40. The van der Waals surface area contributed by atoms with Gasteiger partial charge in [0.2, 0.25) is 0 Å². The number of nitrogens with zero attached hydrogens (tertiary/aromatic N) is 1. The van der Waals surface area contributed by atoms with Crippen molar-refractivity contribution in [2.45, 2.75) is 6.92 Å². The quantitative estimate of drug-likeness (QED) is 0.781. The van der Waals surface area contributed by atoms with Crippen molar-refractivity contribution in [2.24, 2.45) is 0 Å². The van der Waals surface area contributed by atoms with Crippen molar-refractivity contribution in [3.63, 3.8) is 0 Å². The highest BCUT2D eigenvalue weighted by atomic mass is 35.5. The molecule has 0 amide bonds. The van der Waals surface area contributed by atoms with Crippen molar-refractivity contribution in [1.82, 2.24) is 4.98 Å². The van der Waals surface area contributed by atoms with E-state index in [1.165, 1.54) is 6.20 Å². The van der Waals surface area contributed by atoms with Gasteiger partial charge in [0.25, 0.3) is 0 Å². The molecule has 88 valence electrons. The fraction of sp³-hybridized carbons (Fsp3) is 0.167. The van der Waals surface area contributed by atoms with Gasteiger partial charge >= 0.3 is 5.97 Å². The molecule has 0 saturated carbocycles. The highest BCUT2D eigenvalue weighted by Gasteiger charge is 2.10. The molecule has 0 bridgehead atoms. The number of pyridine rings is 1. The molecule has 0 unspecified atom stereocenters. The summed E-state index contributed by atoms with van der Waals surface area (Å²) in [5, 5.41) is 1.66. The van der Waals surface area contributed by atoms with Crippen LogP contribution < -0.4 is 0 Å². The number of hydrogen-bond acceptors (Lipinski definition) is 3. The third kappa shape index (κ3) is 2.51. The summed E-state index contributed by atoms with van der Waals surface area (Å²) in [7, 11) is 0. The molecule has 2 aromatic rings. The number of halogens is 2. The van der Waals surface area contributed by atoms with Gasteiger partial charge < -0.3 is 4.74 Å². The van der Waals surface area contributed by atoms with E-state index in [0.29, 0.717) is 33.1 Å². The van der Waals surface area contributed by atoms with Crippen LogP contribution in [0.1, 0.15) is 17.3 Å². The van der Waals surface area contributed by atoms with Crippen LogP contribution in [0.2, 0.25) is 10.0 Å². The van der Waals surface area contributed by atoms with Gasteiger partial charge in [-0.15, -0.1) is 0 Å². The third-order valence-corrected chi connectivity index (χ3v) is 2.76. The number of rotatable bonds is 2. The van der Waals surface area contributed by atoms with Crippen molar-refractivity contribution in [1.29, 1.82) is 0 Å². The lowest BCUT2D eigenvalue weighted by molar-refractivity contribution is 0.0526. The number of esters is 1. The molecule has 1 heterocycles. The predicted octanol–water partition coefficient (Wildman–Crippen LogP) is 3.72. The van der Waals surface area contributed by atoms with E-state index in [1.54, 1.807) is 25.1 Å². The van der Waals surface area contributed by atoms with E-state index in [4.69, 9.17) is 27.9 Å². The molecule has 17 heavy (non-hydrogen) atoms. The van der Waals surface area contributed by atoms with Crippen molar-refractivity contribution in [3.8, 4) is 0 Å². The maximum absolute atomic E-state index is 11.5. The summed E-state index contributed by atoms with van der Waals surface area (Å²) in [6.07, 6.45) is 1.45. The predicted molar refractivity (Wildman–Crippen MR) is 67.7 cm³/mol. The molecule has 5 heteroatoms. The topological polar surface area (TPSA) is 39.2 Å². The number of aromatic nitrogens is 1. The Morgan fingerprint density at radius 1 is 1.35 bits per heavy atom. The second-order valence-corrected chi connectivity index (χ2v) is 4.24. The van der Waals surface area contributed by atoms with Gasteiger partial charge in [-0.3, -0.25) is 4.98 Å². The summed E-state index contributed by atoms with van der Waals surface area (Å²) < 4.78 is 4.89. The molecular weight excluding hydrogens is 261 g/mol. The zero-order chi connectivity index (χ0) is 12.4. The van der Waals surface area contributed by atoms with Gasteiger partial charge in [-0.25, -0.2) is 4.79 Å². The van der Waals surface area contributed by atoms with Crippen LogP contribution in [0.4, 0.5) is 0 Å². The van der Waals surface area contributed by atoms with Crippen LogP contribution >= 0.6 is 23.2 Å². The number of fused-ring (bicyclic) bond motifs is 1. The van der Waals surface area contributed by atoms with E-state index in [-0.39, 0.29) is 0 Å². The van der Waals surface area contributed by atoms with E-state index in [1.807, 2.05) is 0 Å². The van der Waals surface area contributed by atoms with Crippen LogP contribution in [0.3, 0.4) is 0 Å². The Hall–Kier alpha value is -1.32. The average Bonchev–Trinajstić information content (AvgIpc) is 2.28. The normalized spacial score (nSPS) is 10.5. The first-order valence-electron chi connectivity index (χ1n) is 5.03. The summed E-state index contributed by atoms with van der Waals surface area (Å²) in [6, 6.07) is 4.96. The highest BCUT2D eigenvalue weighted by molar-refractivity contribution is 6.38. The van der Waals surface area contributed by atoms with Gasteiger partial charge in [0.05, 0.1) is 22.7 Å². The monoisotopic (exact) mass is 269 g/mol. The van der Waals surface area contributed by atoms with E-state index in [9.17, 15) is 4.79 Å². The van der Waals surface area contributed by atoms with Gasteiger partial charge in [0, 0.05) is 16.6 Å². The van der Waals surface area contributed by atoms with Gasteiger partial charge in [0.1, 0.15) is 0 Å². The van der Waals surface area contributed by atoms with Crippen LogP contribution in [-0.4, -0.2) is 17.6 Å². The molecule has 0 spiro atoms. The maximum atomic E-state index is 11.5. The van der Waals surface area contributed by atoms with E-state index in [0.717, 1.165) is 0 Å². The summed E-state index contributed by atoms with van der Waals surface area (Å²) in [6.45, 7) is 2.07. The number of carbonyl (C=O) groups excluding carboxylic acids is 1. The van der Waals surface area contributed by atoms with Crippen LogP contribution in [0.25, 0.3) is 10.9 Å². The summed E-state index contributed by atoms with van der Waals surface area (Å²) >= 11 is 11.9. The Bertz CT molecular complexity index is 584. The average molecular weight is 270 g/mol. The van der Waals surface area contributed by atoms with E-state index in [2.05, 4.69) is 4.98 Å². The van der Waals surface area contributed by atoms with Gasteiger partial charge in [-0.1, -0.05) is 23.2 Å². The first-order valence-corrected chi connectivity index (χ1v) is 5.79. The van der Waals surface area contributed by atoms with Crippen LogP contribution in [0.5, 0.6) is 0 Å². The minimum Gasteiger partial charge on any atom is -0.462 e. The Morgan fingerprint density at radius 2 is 2.12 bits per heavy atom.